The van der Waals surface area contributed by atoms with E-state index in [1.54, 1.807) is 0 Å². The summed E-state index contributed by atoms with van der Waals surface area (Å²) >= 11 is 0. The summed E-state index contributed by atoms with van der Waals surface area (Å²) < 4.78 is 36.7. The van der Waals surface area contributed by atoms with Gasteiger partial charge in [-0.2, -0.15) is 8.42 Å². The molecular formula is C40H70NO7S-. The molecule has 0 saturated carbocycles. The smallest absolute Gasteiger partial charge is 0.306 e. The molecule has 0 aliphatic rings. The van der Waals surface area contributed by atoms with Crippen LogP contribution >= 0.6 is 0 Å². The molecule has 2 N–H and O–H groups in total. The molecule has 0 radical (unpaired) electrons. The molecule has 0 aromatic rings. The lowest BCUT2D eigenvalue weighted by Crippen LogP contribution is -2.27. The van der Waals surface area contributed by atoms with Crippen LogP contribution in [0.4, 0.5) is 0 Å². The van der Waals surface area contributed by atoms with Gasteiger partial charge in [-0.1, -0.05) is 108 Å². The maximum Gasteiger partial charge on any atom is 0.306 e. The van der Waals surface area contributed by atoms with Crippen LogP contribution in [0.3, 0.4) is 0 Å². The maximum absolute atomic E-state index is 12.8. The van der Waals surface area contributed by atoms with Crippen molar-refractivity contribution in [2.45, 2.75) is 162 Å². The summed E-state index contributed by atoms with van der Waals surface area (Å²) in [6.07, 6.45) is 31.5. The van der Waals surface area contributed by atoms with E-state index < -0.39 is 27.4 Å². The van der Waals surface area contributed by atoms with Gasteiger partial charge in [-0.05, 0) is 108 Å². The van der Waals surface area contributed by atoms with Crippen LogP contribution in [0.5, 0.6) is 0 Å². The van der Waals surface area contributed by atoms with Gasteiger partial charge in [-0.15, -0.1) is 0 Å². The molecule has 0 aliphatic heterocycles. The molecule has 0 aromatic heterocycles. The van der Waals surface area contributed by atoms with Gasteiger partial charge in [0.2, 0.25) is 0 Å². The number of hydrogen-bond acceptors (Lipinski definition) is 7. The number of aliphatic imine (C=N–C) groups is 1. The molecule has 0 aliphatic carbocycles. The number of aliphatic hydroxyl groups is 1. The highest BCUT2D eigenvalue weighted by atomic mass is 32.2. The Morgan fingerprint density at radius 3 is 1.96 bits per heavy atom. The first kappa shape index (κ1) is 46.8. The third-order valence-electron chi connectivity index (χ3n) is 8.39. The van der Waals surface area contributed by atoms with Gasteiger partial charge in [0, 0.05) is 6.42 Å². The van der Waals surface area contributed by atoms with Crippen LogP contribution in [0.15, 0.2) is 53.6 Å². The number of carbonyl (C=O) groups is 1. The van der Waals surface area contributed by atoms with Gasteiger partial charge in [0.05, 0.1) is 17.9 Å². The van der Waals surface area contributed by atoms with Crippen LogP contribution in [-0.2, 0) is 19.6 Å². The Kier molecular flexibility index (Phi) is 27.2. The quantitative estimate of drug-likeness (QED) is 0.0190. The molecule has 0 aromatic carbocycles. The summed E-state index contributed by atoms with van der Waals surface area (Å²) in [5.74, 6) is -0.355. The van der Waals surface area contributed by atoms with Crippen molar-refractivity contribution in [1.82, 2.24) is 0 Å². The fourth-order valence-electron chi connectivity index (χ4n) is 5.66. The van der Waals surface area contributed by atoms with Crippen LogP contribution < -0.4 is 5.11 Å². The largest absolute Gasteiger partial charge is 0.862 e. The van der Waals surface area contributed by atoms with E-state index in [9.17, 15) is 23.4 Å². The average Bonchev–Trinajstić information content (AvgIpc) is 2.97. The molecule has 284 valence electrons. The first-order valence-corrected chi connectivity index (χ1v) is 20.4. The minimum atomic E-state index is -4.17. The molecule has 0 heterocycles. The second kappa shape index (κ2) is 28.5. The fraction of sp³-hybridized carbons (Fsp3) is 0.750. The molecule has 4 atom stereocenters. The molecule has 0 saturated heterocycles. The van der Waals surface area contributed by atoms with Crippen LogP contribution in [0.1, 0.15) is 151 Å². The van der Waals surface area contributed by atoms with E-state index in [1.165, 1.54) is 0 Å². The highest BCUT2D eigenvalue weighted by molar-refractivity contribution is 7.85. The Morgan fingerprint density at radius 2 is 1.37 bits per heavy atom. The molecule has 0 bridgehead atoms. The number of hydrogen-bond donors (Lipinski definition) is 2. The number of esters is 1. The molecule has 8 nitrogen and oxygen atoms in total. The summed E-state index contributed by atoms with van der Waals surface area (Å²) in [4.78, 5) is 16.6. The number of rotatable bonds is 30. The summed E-state index contributed by atoms with van der Waals surface area (Å²) in [5, 5.41) is 22.2. The Bertz CT molecular complexity index is 1100. The van der Waals surface area contributed by atoms with Crippen LogP contribution in [0, 0.1) is 17.8 Å². The predicted octanol–water partition coefficient (Wildman–Crippen LogP) is 9.10. The molecular weight excluding hydrogens is 639 g/mol. The number of ether oxygens (including phenoxy) is 1. The van der Waals surface area contributed by atoms with Crippen molar-refractivity contribution in [1.29, 1.82) is 0 Å². The Hall–Kier alpha value is -2.23. The van der Waals surface area contributed by atoms with E-state index in [4.69, 9.17) is 9.29 Å². The van der Waals surface area contributed by atoms with Gasteiger partial charge in [-0.25, -0.2) is 0 Å². The second-order valence-electron chi connectivity index (χ2n) is 14.5. The van der Waals surface area contributed by atoms with Gasteiger partial charge >= 0.3 is 5.97 Å². The normalized spacial score (nSPS) is 15.9. The first-order valence-electron chi connectivity index (χ1n) is 18.8. The lowest BCUT2D eigenvalue weighted by molar-refractivity contribution is -0.220. The number of unbranched alkanes of at least 4 members (excludes halogenated alkanes) is 2. The fourth-order valence-corrected chi connectivity index (χ4v) is 5.98. The second-order valence-corrected chi connectivity index (χ2v) is 16.1. The minimum absolute atomic E-state index is 0.0964. The standard InChI is InChI=1S/C40H71NO7S/c1-7-8-9-10-11-12-13-14-15-16-17-18-19-20-21-27-39(43)48-37(32-36(4)33-38(42)41-29-30-49(45,46)47)31-35(3)25-22-24-34(2)26-23-28-40(5,6)44/h8-9,11-12,14-15,17-18,34-37,44H,7,10,13,16,19-33H2,1-6H3,(H,41,42)(H,45,46,47)/p-1/b9-8-,12-11-,15-14-,18-17-/t34-,35+,36?,37?/m0/s1. The predicted molar refractivity (Wildman–Crippen MR) is 203 cm³/mol. The third kappa shape index (κ3) is 34.0. The highest BCUT2D eigenvalue weighted by Crippen LogP contribution is 2.25. The molecule has 49 heavy (non-hydrogen) atoms. The summed E-state index contributed by atoms with van der Waals surface area (Å²) in [5.41, 5.74) is -0.616. The van der Waals surface area contributed by atoms with Crippen LogP contribution in [-0.4, -0.2) is 53.9 Å². The van der Waals surface area contributed by atoms with Crippen molar-refractivity contribution in [3.63, 3.8) is 0 Å². The monoisotopic (exact) mass is 708 g/mol. The lowest BCUT2D eigenvalue weighted by atomic mass is 9.89. The van der Waals surface area contributed by atoms with Gasteiger partial charge < -0.3 is 19.9 Å². The van der Waals surface area contributed by atoms with Crippen LogP contribution in [0.25, 0.3) is 0 Å². The highest BCUT2D eigenvalue weighted by Gasteiger charge is 2.21. The molecule has 0 rings (SSSR count). The minimum Gasteiger partial charge on any atom is -0.862 e. The Labute approximate surface area is 300 Å². The van der Waals surface area contributed by atoms with Crippen molar-refractivity contribution < 1.29 is 32.7 Å². The Morgan fingerprint density at radius 1 is 0.816 bits per heavy atom. The van der Waals surface area contributed by atoms with E-state index >= 15 is 0 Å². The van der Waals surface area contributed by atoms with Crippen LogP contribution in [0.2, 0.25) is 0 Å². The van der Waals surface area contributed by atoms with E-state index in [0.29, 0.717) is 24.7 Å². The molecule has 0 spiro atoms. The zero-order valence-corrected chi connectivity index (χ0v) is 32.5. The van der Waals surface area contributed by atoms with Crippen molar-refractivity contribution in [3.05, 3.63) is 48.6 Å². The van der Waals surface area contributed by atoms with Crippen molar-refractivity contribution in [3.8, 4) is 0 Å². The van der Waals surface area contributed by atoms with Gasteiger partial charge in [0.1, 0.15) is 6.10 Å². The number of allylic oxidation sites excluding steroid dienone is 8. The number of nitrogens with zero attached hydrogens (tertiary/aromatic N) is 1. The SMILES string of the molecule is CC/C=C\C/C=C\C/C=C\C/C=C\CCCCC(=O)OC(CC(C)CC([O-])=NCCS(=O)(=O)O)C[C@H](C)CCC[C@H](C)CCCC(C)(C)O. The summed E-state index contributed by atoms with van der Waals surface area (Å²) in [7, 11) is -4.17. The molecule has 2 unspecified atom stereocenters. The maximum atomic E-state index is 12.8. The van der Waals surface area contributed by atoms with Gasteiger partial charge in [-0.3, -0.25) is 9.35 Å². The van der Waals surface area contributed by atoms with Crippen molar-refractivity contribution >= 4 is 22.0 Å². The van der Waals surface area contributed by atoms with E-state index in [-0.39, 0.29) is 31.0 Å². The van der Waals surface area contributed by atoms with Crippen molar-refractivity contribution in [2.75, 3.05) is 12.3 Å². The molecule has 0 fully saturated rings. The number of carbonyl (C=O) groups excluding carboxylic acids is 1. The van der Waals surface area contributed by atoms with E-state index in [1.807, 2.05) is 20.8 Å². The summed E-state index contributed by atoms with van der Waals surface area (Å²) in [6, 6.07) is 0. The average molecular weight is 709 g/mol. The van der Waals surface area contributed by atoms with E-state index in [2.05, 4.69) is 74.4 Å². The topological polar surface area (TPSA) is 136 Å². The Balaban J connectivity index is 4.77. The summed E-state index contributed by atoms with van der Waals surface area (Å²) in [6.45, 7) is 11.9. The van der Waals surface area contributed by atoms with Gasteiger partial charge in [0.25, 0.3) is 10.1 Å². The lowest BCUT2D eigenvalue weighted by Gasteiger charge is -2.26. The van der Waals surface area contributed by atoms with E-state index in [0.717, 1.165) is 89.9 Å². The zero-order valence-electron chi connectivity index (χ0n) is 31.7. The third-order valence-corrected chi connectivity index (χ3v) is 9.09. The molecule has 9 heteroatoms. The molecule has 0 amide bonds. The van der Waals surface area contributed by atoms with Gasteiger partial charge in [0.15, 0.2) is 0 Å². The van der Waals surface area contributed by atoms with Crippen molar-refractivity contribution in [2.24, 2.45) is 22.7 Å². The first-order chi connectivity index (χ1) is 23.1. The zero-order chi connectivity index (χ0) is 37.0.